The van der Waals surface area contributed by atoms with E-state index in [4.69, 9.17) is 13.6 Å². The Morgan fingerprint density at radius 2 is 1.80 bits per heavy atom. The van der Waals surface area contributed by atoms with Crippen molar-refractivity contribution in [1.82, 2.24) is 4.31 Å². The predicted molar refractivity (Wildman–Crippen MR) is 97.8 cm³/mol. The van der Waals surface area contributed by atoms with Crippen LogP contribution in [0.5, 0.6) is 0 Å². The summed E-state index contributed by atoms with van der Waals surface area (Å²) in [5.41, 5.74) is -0.699. The van der Waals surface area contributed by atoms with E-state index in [9.17, 15) is 26.4 Å². The van der Waals surface area contributed by atoms with Crippen LogP contribution in [0.25, 0.3) is 11.3 Å². The first-order valence-electron chi connectivity index (χ1n) is 8.44. The van der Waals surface area contributed by atoms with E-state index in [1.54, 1.807) is 0 Å². The highest BCUT2D eigenvalue weighted by molar-refractivity contribution is 7.88. The number of nitrogens with zero attached hydrogens (tertiary/aromatic N) is 1. The first-order chi connectivity index (χ1) is 14.0. The minimum atomic E-state index is -4.51. The van der Waals surface area contributed by atoms with Crippen molar-refractivity contribution in [3.05, 3.63) is 65.6 Å². The molecule has 0 saturated heterocycles. The number of hydrogen-bond acceptors (Lipinski definition) is 6. The summed E-state index contributed by atoms with van der Waals surface area (Å²) in [5.74, 6) is -0.962. The van der Waals surface area contributed by atoms with Gasteiger partial charge in [0.2, 0.25) is 10.9 Å². The molecule has 7 nitrogen and oxygen atoms in total. The van der Waals surface area contributed by atoms with E-state index in [0.717, 1.165) is 16.4 Å². The van der Waals surface area contributed by atoms with E-state index in [2.05, 4.69) is 0 Å². The van der Waals surface area contributed by atoms with Crippen LogP contribution in [-0.2, 0) is 27.5 Å². The summed E-state index contributed by atoms with van der Waals surface area (Å²) < 4.78 is 78.9. The Bertz CT molecular complexity index is 1160. The zero-order valence-electron chi connectivity index (χ0n) is 15.8. The molecule has 0 saturated carbocycles. The molecule has 0 radical (unpaired) electrons. The van der Waals surface area contributed by atoms with Crippen LogP contribution >= 0.6 is 0 Å². The second-order valence-corrected chi connectivity index (χ2v) is 8.41. The molecule has 3 rings (SSSR count). The molecule has 160 valence electrons. The third kappa shape index (κ3) is 4.57. The number of hydrogen-bond donors (Lipinski definition) is 0. The van der Waals surface area contributed by atoms with Crippen LogP contribution in [0.1, 0.15) is 21.9 Å². The van der Waals surface area contributed by atoms with Crippen molar-refractivity contribution >= 4 is 16.0 Å². The molecule has 0 amide bonds. The number of rotatable bonds is 6. The van der Waals surface area contributed by atoms with E-state index < -0.39 is 27.7 Å². The fourth-order valence-corrected chi connectivity index (χ4v) is 3.23. The monoisotopic (exact) mass is 443 g/mol. The Morgan fingerprint density at radius 1 is 1.07 bits per heavy atom. The van der Waals surface area contributed by atoms with Crippen LogP contribution in [0.3, 0.4) is 0 Å². The number of benzene rings is 1. The summed E-state index contributed by atoms with van der Waals surface area (Å²) in [5, 5.41) is -0.302. The Balaban J connectivity index is 1.69. The second kappa shape index (κ2) is 8.00. The maximum absolute atomic E-state index is 12.8. The molecule has 11 heteroatoms. The smallest absolute Gasteiger partial charge is 0.416 e. The van der Waals surface area contributed by atoms with Gasteiger partial charge >= 0.3 is 12.1 Å². The largest absolute Gasteiger partial charge is 0.452 e. The van der Waals surface area contributed by atoms with Crippen molar-refractivity contribution in [2.45, 2.75) is 17.9 Å². The summed E-state index contributed by atoms with van der Waals surface area (Å²) in [6.45, 7) is -0.360. The number of ether oxygens (including phenoxy) is 1. The zero-order chi connectivity index (χ0) is 22.1. The standard InChI is InChI=1S/C19H16F3NO6S/c1-23(2)30(25,26)17-9-6-14(28-17)11-27-18(24)16-8-7-15(29-16)12-4-3-5-13(10-12)19(20,21)22/h3-10H,11H2,1-2H3. The van der Waals surface area contributed by atoms with E-state index in [0.29, 0.717) is 0 Å². The van der Waals surface area contributed by atoms with Crippen molar-refractivity contribution in [3.8, 4) is 11.3 Å². The quantitative estimate of drug-likeness (QED) is 0.532. The molecule has 3 aromatic rings. The van der Waals surface area contributed by atoms with Crippen molar-refractivity contribution in [2.75, 3.05) is 14.1 Å². The average molecular weight is 443 g/mol. The molecule has 0 fully saturated rings. The summed E-state index contributed by atoms with van der Waals surface area (Å²) in [6.07, 6.45) is -4.51. The minimum Gasteiger partial charge on any atom is -0.452 e. The van der Waals surface area contributed by atoms with Gasteiger partial charge in [0.25, 0.3) is 10.0 Å². The number of esters is 1. The maximum Gasteiger partial charge on any atom is 0.416 e. The molecule has 0 bridgehead atoms. The molecule has 0 aliphatic heterocycles. The van der Waals surface area contributed by atoms with Crippen LogP contribution in [0, 0.1) is 0 Å². The third-order valence-corrected chi connectivity index (χ3v) is 5.69. The van der Waals surface area contributed by atoms with Gasteiger partial charge in [0, 0.05) is 19.7 Å². The Labute approximate surface area is 169 Å². The maximum atomic E-state index is 12.8. The van der Waals surface area contributed by atoms with E-state index in [1.165, 1.54) is 50.5 Å². The van der Waals surface area contributed by atoms with Crippen LogP contribution in [-0.4, -0.2) is 32.8 Å². The van der Waals surface area contributed by atoms with Crippen LogP contribution in [0.4, 0.5) is 13.2 Å². The SMILES string of the molecule is CN(C)S(=O)(=O)c1ccc(COC(=O)c2ccc(-c3cccc(C(F)(F)F)c3)o2)o1. The first-order valence-corrected chi connectivity index (χ1v) is 9.88. The predicted octanol–water partition coefficient (Wildman–Crippen LogP) is 4.17. The Hall–Kier alpha value is -3.05. The third-order valence-electron chi connectivity index (χ3n) is 4.00. The van der Waals surface area contributed by atoms with E-state index in [-0.39, 0.29) is 34.5 Å². The highest BCUT2D eigenvalue weighted by Crippen LogP contribution is 2.32. The van der Waals surface area contributed by atoms with Gasteiger partial charge in [0.05, 0.1) is 5.56 Å². The Morgan fingerprint density at radius 3 is 2.47 bits per heavy atom. The van der Waals surface area contributed by atoms with Gasteiger partial charge in [-0.2, -0.15) is 13.2 Å². The second-order valence-electron chi connectivity index (χ2n) is 6.33. The number of halogens is 3. The van der Waals surface area contributed by atoms with E-state index >= 15 is 0 Å². The normalized spacial score (nSPS) is 12.3. The summed E-state index contributed by atoms with van der Waals surface area (Å²) in [6, 6.07) is 9.67. The lowest BCUT2D eigenvalue weighted by molar-refractivity contribution is -0.137. The lowest BCUT2D eigenvalue weighted by Gasteiger charge is -2.07. The number of alkyl halides is 3. The molecule has 2 aromatic heterocycles. The number of carbonyl (C=O) groups is 1. The molecule has 1 aromatic carbocycles. The van der Waals surface area contributed by atoms with Crippen LogP contribution < -0.4 is 0 Å². The van der Waals surface area contributed by atoms with Gasteiger partial charge in [-0.1, -0.05) is 12.1 Å². The van der Waals surface area contributed by atoms with Crippen molar-refractivity contribution in [2.24, 2.45) is 0 Å². The summed E-state index contributed by atoms with van der Waals surface area (Å²) >= 11 is 0. The molecule has 0 atom stereocenters. The zero-order valence-corrected chi connectivity index (χ0v) is 16.6. The average Bonchev–Trinajstić information content (AvgIpc) is 3.35. The molecular weight excluding hydrogens is 427 g/mol. The number of carbonyl (C=O) groups excluding carboxylic acids is 1. The fraction of sp³-hybridized carbons (Fsp3) is 0.211. The lowest BCUT2D eigenvalue weighted by Crippen LogP contribution is -2.21. The molecule has 0 unspecified atom stereocenters. The van der Waals surface area contributed by atoms with E-state index in [1.807, 2.05) is 0 Å². The molecule has 30 heavy (non-hydrogen) atoms. The van der Waals surface area contributed by atoms with Crippen molar-refractivity contribution in [1.29, 1.82) is 0 Å². The first kappa shape index (κ1) is 21.7. The summed E-state index contributed by atoms with van der Waals surface area (Å²) in [4.78, 5) is 12.1. The molecule has 0 aliphatic carbocycles. The van der Waals surface area contributed by atoms with Gasteiger partial charge < -0.3 is 13.6 Å². The van der Waals surface area contributed by atoms with Gasteiger partial charge in [0.15, 0.2) is 0 Å². The molecular formula is C19H16F3NO6S. The molecule has 2 heterocycles. The topological polar surface area (TPSA) is 90.0 Å². The van der Waals surface area contributed by atoms with Crippen LogP contribution in [0.2, 0.25) is 0 Å². The lowest BCUT2D eigenvalue weighted by atomic mass is 10.1. The number of furan rings is 2. The van der Waals surface area contributed by atoms with Gasteiger partial charge in [-0.15, -0.1) is 0 Å². The molecule has 0 N–H and O–H groups in total. The fourth-order valence-electron chi connectivity index (χ4n) is 2.41. The van der Waals surface area contributed by atoms with Gasteiger partial charge in [-0.3, -0.25) is 0 Å². The van der Waals surface area contributed by atoms with Gasteiger partial charge in [-0.25, -0.2) is 17.5 Å². The number of sulfonamides is 1. The molecule has 0 aliphatic rings. The summed E-state index contributed by atoms with van der Waals surface area (Å²) in [7, 11) is -1.07. The minimum absolute atomic E-state index is 0.0606. The van der Waals surface area contributed by atoms with Crippen molar-refractivity contribution in [3.63, 3.8) is 0 Å². The molecule has 0 spiro atoms. The van der Waals surface area contributed by atoms with Gasteiger partial charge in [-0.05, 0) is 36.4 Å². The Kier molecular flexibility index (Phi) is 5.77. The van der Waals surface area contributed by atoms with Crippen LogP contribution in [0.15, 0.2) is 62.5 Å². The highest BCUT2D eigenvalue weighted by Gasteiger charge is 2.30. The highest BCUT2D eigenvalue weighted by atomic mass is 32.2. The van der Waals surface area contributed by atoms with Gasteiger partial charge in [0.1, 0.15) is 18.1 Å². The van der Waals surface area contributed by atoms with Crippen molar-refractivity contribution < 1.29 is 40.0 Å².